The number of fused-ring (bicyclic) bond motifs is 1. The van der Waals surface area contributed by atoms with Gasteiger partial charge in [0.15, 0.2) is 0 Å². The van der Waals surface area contributed by atoms with Crippen molar-refractivity contribution in [3.8, 4) is 0 Å². The summed E-state index contributed by atoms with van der Waals surface area (Å²) < 4.78 is 29.9. The number of sulfonamides is 1. The van der Waals surface area contributed by atoms with Crippen LogP contribution in [-0.4, -0.2) is 66.9 Å². The number of aryl methyl sites for hydroxylation is 1. The lowest BCUT2D eigenvalue weighted by Gasteiger charge is -2.31. The van der Waals surface area contributed by atoms with Crippen molar-refractivity contribution in [3.63, 3.8) is 0 Å². The summed E-state index contributed by atoms with van der Waals surface area (Å²) in [6, 6.07) is 5.24. The normalized spacial score (nSPS) is 21.7. The van der Waals surface area contributed by atoms with Crippen LogP contribution in [-0.2, 0) is 21.9 Å². The van der Waals surface area contributed by atoms with Gasteiger partial charge in [0.05, 0.1) is 15.1 Å². The summed E-state index contributed by atoms with van der Waals surface area (Å²) in [6.07, 6.45) is 3.34. The van der Waals surface area contributed by atoms with Crippen molar-refractivity contribution in [1.82, 2.24) is 19.1 Å². The van der Waals surface area contributed by atoms with E-state index in [4.69, 9.17) is 0 Å². The predicted octanol–water partition coefficient (Wildman–Crippen LogP) is 1.60. The Morgan fingerprint density at radius 2 is 1.94 bits per heavy atom. The summed E-state index contributed by atoms with van der Waals surface area (Å²) in [4.78, 5) is 27.0. The fourth-order valence-electron chi connectivity index (χ4n) is 4.69. The van der Waals surface area contributed by atoms with Crippen molar-refractivity contribution in [1.29, 1.82) is 0 Å². The van der Waals surface area contributed by atoms with E-state index in [-0.39, 0.29) is 21.6 Å². The molecule has 0 aliphatic carbocycles. The molecule has 8 nitrogen and oxygen atoms in total. The van der Waals surface area contributed by atoms with E-state index in [1.165, 1.54) is 15.3 Å². The Bertz CT molecular complexity index is 1120. The van der Waals surface area contributed by atoms with Crippen LogP contribution in [0.4, 0.5) is 0 Å². The third-order valence-corrected chi connectivity index (χ3v) is 9.53. The molecule has 0 spiro atoms. The molecule has 31 heavy (non-hydrogen) atoms. The predicted molar refractivity (Wildman–Crippen MR) is 122 cm³/mol. The highest BCUT2D eigenvalue weighted by Crippen LogP contribution is 2.27. The molecule has 2 saturated heterocycles. The average Bonchev–Trinajstić information content (AvgIpc) is 3.35. The minimum atomic E-state index is -3.65. The van der Waals surface area contributed by atoms with Gasteiger partial charge in [0, 0.05) is 38.6 Å². The van der Waals surface area contributed by atoms with Gasteiger partial charge in [-0.3, -0.25) is 14.5 Å². The zero-order valence-electron chi connectivity index (χ0n) is 18.0. The van der Waals surface area contributed by atoms with Crippen LogP contribution in [0.2, 0.25) is 0 Å². The average molecular weight is 467 g/mol. The molecule has 1 atom stereocenters. The Balaban J connectivity index is 1.36. The lowest BCUT2D eigenvalue weighted by Crippen LogP contribution is -2.45. The molecule has 10 heteroatoms. The summed E-state index contributed by atoms with van der Waals surface area (Å²) in [6.45, 7) is 5.57. The molecule has 0 unspecified atom stereocenters. The maximum absolute atomic E-state index is 13.1. The van der Waals surface area contributed by atoms with E-state index < -0.39 is 10.0 Å². The number of benzene rings is 1. The second kappa shape index (κ2) is 9.01. The number of hydrogen-bond acceptors (Lipinski definition) is 6. The van der Waals surface area contributed by atoms with Gasteiger partial charge in [-0.1, -0.05) is 18.3 Å². The Hall–Kier alpha value is -1.75. The van der Waals surface area contributed by atoms with Gasteiger partial charge in [-0.25, -0.2) is 8.42 Å². The van der Waals surface area contributed by atoms with Gasteiger partial charge >= 0.3 is 4.87 Å². The molecule has 1 aromatic carbocycles. The van der Waals surface area contributed by atoms with Crippen LogP contribution in [0.5, 0.6) is 0 Å². The number of likely N-dealkylation sites (tertiary alicyclic amines) is 1. The SMILES string of the molecule is CCN1CCC[C@@H]1CNC(=O)C1CCN(S(=O)(=O)c2ccc3c(c2)sc(=O)n3C)CC1. The van der Waals surface area contributed by atoms with Crippen LogP contribution >= 0.6 is 11.3 Å². The molecule has 0 bridgehead atoms. The number of aromatic nitrogens is 1. The number of carbonyl (C=O) groups is 1. The van der Waals surface area contributed by atoms with Gasteiger partial charge in [-0.05, 0) is 57.0 Å². The summed E-state index contributed by atoms with van der Waals surface area (Å²) in [7, 11) is -1.97. The highest BCUT2D eigenvalue weighted by Gasteiger charge is 2.33. The van der Waals surface area contributed by atoms with Gasteiger partial charge < -0.3 is 9.88 Å². The molecule has 2 aliphatic heterocycles. The number of amides is 1. The van der Waals surface area contributed by atoms with Crippen molar-refractivity contribution in [2.24, 2.45) is 13.0 Å². The second-order valence-electron chi connectivity index (χ2n) is 8.40. The number of piperidine rings is 1. The first-order chi connectivity index (χ1) is 14.8. The second-order valence-corrected chi connectivity index (χ2v) is 11.3. The largest absolute Gasteiger partial charge is 0.354 e. The number of nitrogens with zero attached hydrogens (tertiary/aromatic N) is 3. The molecule has 1 aromatic heterocycles. The van der Waals surface area contributed by atoms with E-state index in [0.717, 1.165) is 36.4 Å². The molecule has 170 valence electrons. The van der Waals surface area contributed by atoms with Crippen molar-refractivity contribution >= 4 is 37.5 Å². The van der Waals surface area contributed by atoms with Crippen molar-refractivity contribution in [2.75, 3.05) is 32.7 Å². The smallest absolute Gasteiger partial charge is 0.307 e. The first-order valence-corrected chi connectivity index (χ1v) is 13.2. The molecular weight excluding hydrogens is 436 g/mol. The molecule has 2 fully saturated rings. The van der Waals surface area contributed by atoms with Gasteiger partial charge in [0.2, 0.25) is 15.9 Å². The maximum Gasteiger partial charge on any atom is 0.307 e. The molecule has 2 aromatic rings. The third kappa shape index (κ3) is 4.44. The first kappa shape index (κ1) is 22.4. The number of thiazole rings is 1. The van der Waals surface area contributed by atoms with Crippen LogP contribution in [0.3, 0.4) is 0 Å². The Morgan fingerprint density at radius 3 is 2.65 bits per heavy atom. The van der Waals surface area contributed by atoms with E-state index in [2.05, 4.69) is 17.1 Å². The molecule has 0 saturated carbocycles. The number of hydrogen-bond donors (Lipinski definition) is 1. The van der Waals surface area contributed by atoms with Gasteiger partial charge in [0.25, 0.3) is 0 Å². The molecule has 4 rings (SSSR count). The molecule has 3 heterocycles. The quantitative estimate of drug-likeness (QED) is 0.698. The van der Waals surface area contributed by atoms with Crippen LogP contribution in [0, 0.1) is 5.92 Å². The van der Waals surface area contributed by atoms with Crippen LogP contribution < -0.4 is 10.2 Å². The van der Waals surface area contributed by atoms with Crippen LogP contribution in [0.1, 0.15) is 32.6 Å². The molecule has 1 amide bonds. The summed E-state index contributed by atoms with van der Waals surface area (Å²) in [5, 5.41) is 3.09. The number of likely N-dealkylation sites (N-methyl/N-ethyl adjacent to an activating group) is 1. The van der Waals surface area contributed by atoms with E-state index >= 15 is 0 Å². The minimum absolute atomic E-state index is 0.0375. The molecule has 2 aliphatic rings. The summed E-state index contributed by atoms with van der Waals surface area (Å²) in [5.41, 5.74) is 0.730. The van der Waals surface area contributed by atoms with Crippen molar-refractivity contribution < 1.29 is 13.2 Å². The zero-order chi connectivity index (χ0) is 22.2. The lowest BCUT2D eigenvalue weighted by molar-refractivity contribution is -0.126. The fourth-order valence-corrected chi connectivity index (χ4v) is 7.18. The fraction of sp³-hybridized carbons (Fsp3) is 0.619. The topological polar surface area (TPSA) is 91.7 Å². The Labute approximate surface area is 186 Å². The van der Waals surface area contributed by atoms with Gasteiger partial charge in [-0.15, -0.1) is 0 Å². The minimum Gasteiger partial charge on any atom is -0.354 e. The third-order valence-electron chi connectivity index (χ3n) is 6.64. The summed E-state index contributed by atoms with van der Waals surface area (Å²) in [5.74, 6) is -0.111. The maximum atomic E-state index is 13.1. The highest BCUT2D eigenvalue weighted by molar-refractivity contribution is 7.89. The van der Waals surface area contributed by atoms with E-state index in [0.29, 0.717) is 43.2 Å². The standard InChI is InChI=1S/C21H30N4O4S2/c1-3-24-10-4-5-16(24)14-22-20(26)15-8-11-25(12-9-15)31(28,29)17-6-7-18-19(13-17)30-21(27)23(18)2/h6-7,13,15-16H,3-5,8-12,14H2,1-2H3,(H,22,26)/t16-/m1/s1. The van der Waals surface area contributed by atoms with Crippen LogP contribution in [0.15, 0.2) is 27.9 Å². The van der Waals surface area contributed by atoms with E-state index in [9.17, 15) is 18.0 Å². The molecular formula is C21H30N4O4S2. The van der Waals surface area contributed by atoms with E-state index in [1.807, 2.05) is 0 Å². The van der Waals surface area contributed by atoms with Gasteiger partial charge in [0.1, 0.15) is 0 Å². The van der Waals surface area contributed by atoms with Crippen LogP contribution in [0.25, 0.3) is 10.2 Å². The Morgan fingerprint density at radius 1 is 1.19 bits per heavy atom. The lowest BCUT2D eigenvalue weighted by atomic mass is 9.97. The monoisotopic (exact) mass is 466 g/mol. The molecule has 1 N–H and O–H groups in total. The Kier molecular flexibility index (Phi) is 6.52. The van der Waals surface area contributed by atoms with Gasteiger partial charge in [-0.2, -0.15) is 4.31 Å². The van der Waals surface area contributed by atoms with E-state index in [1.54, 1.807) is 25.2 Å². The number of rotatable bonds is 6. The molecule has 0 radical (unpaired) electrons. The highest BCUT2D eigenvalue weighted by atomic mass is 32.2. The number of carbonyl (C=O) groups excluding carboxylic acids is 1. The first-order valence-electron chi connectivity index (χ1n) is 10.9. The van der Waals surface area contributed by atoms with Crippen molar-refractivity contribution in [2.45, 2.75) is 43.5 Å². The summed E-state index contributed by atoms with van der Waals surface area (Å²) >= 11 is 1.05. The van der Waals surface area contributed by atoms with Crippen molar-refractivity contribution in [3.05, 3.63) is 27.9 Å². The number of nitrogens with one attached hydrogen (secondary N) is 1. The zero-order valence-corrected chi connectivity index (χ0v) is 19.7.